The zero-order valence-corrected chi connectivity index (χ0v) is 21.3. The second-order valence-electron chi connectivity index (χ2n) is 7.86. The summed E-state index contributed by atoms with van der Waals surface area (Å²) in [6.45, 7) is 1.83. The van der Waals surface area contributed by atoms with E-state index in [4.69, 9.17) is 21.1 Å². The average molecular weight is 541 g/mol. The Bertz CT molecular complexity index is 1350. The molecule has 1 N–H and O–H groups in total. The van der Waals surface area contributed by atoms with Gasteiger partial charge in [-0.2, -0.15) is 0 Å². The van der Waals surface area contributed by atoms with Crippen LogP contribution in [0.1, 0.15) is 18.1 Å². The third kappa shape index (κ3) is 6.69. The lowest BCUT2D eigenvalue weighted by molar-refractivity contribution is -0.123. The Morgan fingerprint density at radius 1 is 1.08 bits per heavy atom. The van der Waals surface area contributed by atoms with Gasteiger partial charge < -0.3 is 14.8 Å². The predicted molar refractivity (Wildman–Crippen MR) is 141 cm³/mol. The number of rotatable bonds is 9. The molecule has 7 nitrogen and oxygen atoms in total. The summed E-state index contributed by atoms with van der Waals surface area (Å²) in [5.41, 5.74) is 1.78. The number of hydrogen-bond acceptors (Lipinski definition) is 6. The van der Waals surface area contributed by atoms with Gasteiger partial charge in [0.1, 0.15) is 5.82 Å². The topological polar surface area (TPSA) is 84.9 Å². The zero-order chi connectivity index (χ0) is 26.4. The summed E-state index contributed by atoms with van der Waals surface area (Å²) in [7, 11) is 0. The quantitative estimate of drug-likeness (QED) is 0.329. The van der Waals surface area contributed by atoms with E-state index < -0.39 is 17.0 Å². The summed E-state index contributed by atoms with van der Waals surface area (Å²) >= 11 is 7.25. The Morgan fingerprint density at radius 2 is 1.81 bits per heavy atom. The first-order valence-electron chi connectivity index (χ1n) is 11.3. The Labute approximate surface area is 222 Å². The highest BCUT2D eigenvalue weighted by Crippen LogP contribution is 2.39. The summed E-state index contributed by atoms with van der Waals surface area (Å²) in [6, 6.07) is 17.7. The molecule has 0 spiro atoms. The minimum absolute atomic E-state index is 0.0328. The minimum Gasteiger partial charge on any atom is -0.490 e. The Kier molecular flexibility index (Phi) is 8.47. The van der Waals surface area contributed by atoms with Crippen LogP contribution >= 0.6 is 23.4 Å². The summed E-state index contributed by atoms with van der Waals surface area (Å²) in [5.74, 6) is -0.758. The molecule has 0 aromatic heterocycles. The number of ether oxygens (including phenoxy) is 2. The highest BCUT2D eigenvalue weighted by atomic mass is 35.5. The van der Waals surface area contributed by atoms with E-state index in [0.717, 1.165) is 16.7 Å². The molecule has 0 saturated carbocycles. The number of halogens is 2. The Balaban J connectivity index is 1.49. The van der Waals surface area contributed by atoms with Crippen LogP contribution in [0.25, 0.3) is 6.08 Å². The minimum atomic E-state index is -0.466. The van der Waals surface area contributed by atoms with E-state index in [0.29, 0.717) is 29.2 Å². The van der Waals surface area contributed by atoms with Crippen molar-refractivity contribution in [2.45, 2.75) is 13.5 Å². The van der Waals surface area contributed by atoms with Gasteiger partial charge in [0.2, 0.25) is 0 Å². The summed E-state index contributed by atoms with van der Waals surface area (Å²) in [5, 5.41) is 2.47. The number of anilines is 1. The number of benzene rings is 3. The number of imide groups is 1. The third-order valence-electron chi connectivity index (χ3n) is 5.16. The summed E-state index contributed by atoms with van der Waals surface area (Å²) < 4.78 is 24.5. The standard InChI is InChI=1S/C27H22ClFN2O5S/c1-2-35-22-13-18(12-21(28)25(22)36-16-24(32)30-20-6-4-3-5-7-20)14-23-26(33)31(27(34)37-23)15-17-8-10-19(29)11-9-17/h3-14H,2,15-16H2,1H3,(H,30,32)/b23-14-. The first kappa shape index (κ1) is 26.2. The van der Waals surface area contributed by atoms with Crippen LogP contribution in [-0.2, 0) is 16.1 Å². The highest BCUT2D eigenvalue weighted by Gasteiger charge is 2.35. The number of carbonyl (C=O) groups excluding carboxylic acids is 3. The molecule has 1 saturated heterocycles. The fourth-order valence-electron chi connectivity index (χ4n) is 3.49. The molecule has 1 heterocycles. The Morgan fingerprint density at radius 3 is 2.51 bits per heavy atom. The molecular weight excluding hydrogens is 519 g/mol. The fourth-order valence-corrected chi connectivity index (χ4v) is 4.60. The molecule has 10 heteroatoms. The van der Waals surface area contributed by atoms with Crippen molar-refractivity contribution in [2.24, 2.45) is 0 Å². The lowest BCUT2D eigenvalue weighted by Crippen LogP contribution is -2.27. The largest absolute Gasteiger partial charge is 0.490 e. The van der Waals surface area contributed by atoms with Crippen LogP contribution in [0.15, 0.2) is 71.6 Å². The molecule has 3 aromatic rings. The molecule has 0 aliphatic carbocycles. The lowest BCUT2D eigenvalue weighted by atomic mass is 10.1. The molecule has 0 bridgehead atoms. The van der Waals surface area contributed by atoms with Crippen LogP contribution in [0.5, 0.6) is 11.5 Å². The number of para-hydroxylation sites is 1. The molecule has 4 rings (SSSR count). The number of nitrogens with zero attached hydrogens (tertiary/aromatic N) is 1. The summed E-state index contributed by atoms with van der Waals surface area (Å²) in [6.07, 6.45) is 1.54. The van der Waals surface area contributed by atoms with Crippen LogP contribution < -0.4 is 14.8 Å². The van der Waals surface area contributed by atoms with Crippen molar-refractivity contribution in [3.8, 4) is 11.5 Å². The van der Waals surface area contributed by atoms with Gasteiger partial charge in [-0.05, 0) is 72.3 Å². The third-order valence-corrected chi connectivity index (χ3v) is 6.35. The zero-order valence-electron chi connectivity index (χ0n) is 19.7. The van der Waals surface area contributed by atoms with Crippen LogP contribution in [0, 0.1) is 5.82 Å². The normalized spacial score (nSPS) is 14.2. The molecule has 0 radical (unpaired) electrons. The molecule has 1 fully saturated rings. The van der Waals surface area contributed by atoms with Gasteiger partial charge in [0.05, 0.1) is 23.1 Å². The van der Waals surface area contributed by atoms with Gasteiger partial charge in [-0.1, -0.05) is 41.9 Å². The Hall–Kier alpha value is -3.82. The first-order valence-corrected chi connectivity index (χ1v) is 12.5. The van der Waals surface area contributed by atoms with Gasteiger partial charge in [0.25, 0.3) is 17.1 Å². The van der Waals surface area contributed by atoms with Crippen molar-refractivity contribution in [1.82, 2.24) is 4.90 Å². The smallest absolute Gasteiger partial charge is 0.293 e. The molecule has 3 amide bonds. The SMILES string of the molecule is CCOc1cc(/C=C2\SC(=O)N(Cc3ccc(F)cc3)C2=O)cc(Cl)c1OCC(=O)Nc1ccccc1. The molecule has 1 aliphatic heterocycles. The monoisotopic (exact) mass is 540 g/mol. The molecule has 0 atom stereocenters. The maximum Gasteiger partial charge on any atom is 0.293 e. The van der Waals surface area contributed by atoms with Crippen molar-refractivity contribution in [1.29, 1.82) is 0 Å². The van der Waals surface area contributed by atoms with Crippen LogP contribution in [-0.4, -0.2) is 35.2 Å². The van der Waals surface area contributed by atoms with E-state index in [1.807, 2.05) is 6.07 Å². The summed E-state index contributed by atoms with van der Waals surface area (Å²) in [4.78, 5) is 39.0. The number of amides is 3. The van der Waals surface area contributed by atoms with Crippen molar-refractivity contribution < 1.29 is 28.2 Å². The van der Waals surface area contributed by atoms with E-state index in [9.17, 15) is 18.8 Å². The molecule has 190 valence electrons. The lowest BCUT2D eigenvalue weighted by Gasteiger charge is -2.15. The average Bonchev–Trinajstić information content (AvgIpc) is 3.13. The van der Waals surface area contributed by atoms with Crippen LogP contribution in [0.3, 0.4) is 0 Å². The maximum absolute atomic E-state index is 13.2. The van der Waals surface area contributed by atoms with E-state index in [2.05, 4.69) is 5.32 Å². The molecule has 0 unspecified atom stereocenters. The van der Waals surface area contributed by atoms with E-state index in [-0.39, 0.29) is 34.7 Å². The van der Waals surface area contributed by atoms with Crippen LogP contribution in [0.2, 0.25) is 5.02 Å². The van der Waals surface area contributed by atoms with Crippen LogP contribution in [0.4, 0.5) is 14.9 Å². The van der Waals surface area contributed by atoms with Gasteiger partial charge in [-0.25, -0.2) is 4.39 Å². The molecule has 37 heavy (non-hydrogen) atoms. The number of hydrogen-bond donors (Lipinski definition) is 1. The van der Waals surface area contributed by atoms with Gasteiger partial charge in [0.15, 0.2) is 18.1 Å². The van der Waals surface area contributed by atoms with E-state index in [1.165, 1.54) is 30.3 Å². The van der Waals surface area contributed by atoms with Gasteiger partial charge in [-0.3, -0.25) is 19.3 Å². The first-order chi connectivity index (χ1) is 17.8. The fraction of sp³-hybridized carbons (Fsp3) is 0.148. The molecule has 3 aromatic carbocycles. The van der Waals surface area contributed by atoms with E-state index in [1.54, 1.807) is 43.3 Å². The second-order valence-corrected chi connectivity index (χ2v) is 9.26. The molecule has 1 aliphatic rings. The maximum atomic E-state index is 13.2. The highest BCUT2D eigenvalue weighted by molar-refractivity contribution is 8.18. The number of carbonyl (C=O) groups is 3. The van der Waals surface area contributed by atoms with Gasteiger partial charge >= 0.3 is 0 Å². The van der Waals surface area contributed by atoms with Crippen molar-refractivity contribution in [3.05, 3.63) is 93.6 Å². The van der Waals surface area contributed by atoms with E-state index >= 15 is 0 Å². The van der Waals surface area contributed by atoms with Gasteiger partial charge in [0, 0.05) is 5.69 Å². The number of thioether (sulfide) groups is 1. The van der Waals surface area contributed by atoms with Gasteiger partial charge in [-0.15, -0.1) is 0 Å². The number of nitrogens with one attached hydrogen (secondary N) is 1. The molecular formula is C27H22ClFN2O5S. The predicted octanol–water partition coefficient (Wildman–Crippen LogP) is 6.13. The van der Waals surface area contributed by atoms with Crippen molar-refractivity contribution in [3.63, 3.8) is 0 Å². The second kappa shape index (κ2) is 11.9. The van der Waals surface area contributed by atoms with Crippen molar-refractivity contribution >= 4 is 52.2 Å². The van der Waals surface area contributed by atoms with Crippen molar-refractivity contribution in [2.75, 3.05) is 18.5 Å².